The Morgan fingerprint density at radius 3 is 2.48 bits per heavy atom. The summed E-state index contributed by atoms with van der Waals surface area (Å²) in [5.74, 6) is 0.759. The lowest BCUT2D eigenvalue weighted by atomic mass is 10.1. The Morgan fingerprint density at radius 1 is 1.03 bits per heavy atom. The number of oxazole rings is 1. The number of nitrogens with one attached hydrogen (secondary N) is 1. The fourth-order valence-electron chi connectivity index (χ4n) is 3.04. The molecule has 1 heterocycles. The van der Waals surface area contributed by atoms with Gasteiger partial charge < -0.3 is 14.5 Å². The molecule has 0 aliphatic rings. The molecule has 0 aliphatic carbocycles. The van der Waals surface area contributed by atoms with Crippen LogP contribution >= 0.6 is 11.6 Å². The molecule has 0 saturated heterocycles. The summed E-state index contributed by atoms with van der Waals surface area (Å²) in [7, 11) is 1.55. The Morgan fingerprint density at radius 2 is 1.76 bits per heavy atom. The van der Waals surface area contributed by atoms with E-state index in [9.17, 15) is 4.79 Å². The van der Waals surface area contributed by atoms with Crippen molar-refractivity contribution in [2.45, 2.75) is 13.8 Å². The SMILES string of the molecule is COc1ccc(-c2nc3cc(C)c(C)cc3o2)cc1NC(=O)c1ccc(Cl)cc1. The van der Waals surface area contributed by atoms with Crippen LogP contribution in [0.2, 0.25) is 5.02 Å². The first-order chi connectivity index (χ1) is 13.9. The zero-order valence-electron chi connectivity index (χ0n) is 16.2. The summed E-state index contributed by atoms with van der Waals surface area (Å²) in [5.41, 5.74) is 5.59. The van der Waals surface area contributed by atoms with Gasteiger partial charge in [-0.3, -0.25) is 4.79 Å². The Labute approximate surface area is 173 Å². The second kappa shape index (κ2) is 7.60. The number of amides is 1. The monoisotopic (exact) mass is 406 g/mol. The number of fused-ring (bicyclic) bond motifs is 1. The van der Waals surface area contributed by atoms with Crippen molar-refractivity contribution in [2.75, 3.05) is 12.4 Å². The quantitative estimate of drug-likeness (QED) is 0.449. The number of rotatable bonds is 4. The van der Waals surface area contributed by atoms with Gasteiger partial charge in [0, 0.05) is 16.1 Å². The Bertz CT molecular complexity index is 1170. The van der Waals surface area contributed by atoms with Gasteiger partial charge in [0.1, 0.15) is 11.3 Å². The summed E-state index contributed by atoms with van der Waals surface area (Å²) in [5, 5.41) is 3.45. The summed E-state index contributed by atoms with van der Waals surface area (Å²) in [6.45, 7) is 4.08. The molecular weight excluding hydrogens is 388 g/mol. The number of nitrogens with zero attached hydrogens (tertiary/aromatic N) is 1. The molecule has 0 radical (unpaired) electrons. The molecule has 4 rings (SSSR count). The van der Waals surface area contributed by atoms with Crippen LogP contribution in [0, 0.1) is 13.8 Å². The molecule has 29 heavy (non-hydrogen) atoms. The number of carbonyl (C=O) groups excluding carboxylic acids is 1. The first-order valence-corrected chi connectivity index (χ1v) is 9.45. The number of anilines is 1. The lowest BCUT2D eigenvalue weighted by molar-refractivity contribution is 0.102. The minimum absolute atomic E-state index is 0.263. The average molecular weight is 407 g/mol. The highest BCUT2D eigenvalue weighted by molar-refractivity contribution is 6.30. The fourth-order valence-corrected chi connectivity index (χ4v) is 3.16. The maximum Gasteiger partial charge on any atom is 0.255 e. The number of aromatic nitrogens is 1. The molecule has 0 atom stereocenters. The minimum atomic E-state index is -0.263. The van der Waals surface area contributed by atoms with Crippen molar-refractivity contribution in [2.24, 2.45) is 0 Å². The third-order valence-electron chi connectivity index (χ3n) is 4.80. The number of halogens is 1. The van der Waals surface area contributed by atoms with Crippen molar-refractivity contribution in [1.29, 1.82) is 0 Å². The Hall–Kier alpha value is -3.31. The van der Waals surface area contributed by atoms with Gasteiger partial charge in [0.05, 0.1) is 12.8 Å². The van der Waals surface area contributed by atoms with Crippen molar-refractivity contribution < 1.29 is 13.9 Å². The Kier molecular flexibility index (Phi) is 4.99. The third kappa shape index (κ3) is 3.82. The van der Waals surface area contributed by atoms with E-state index in [1.807, 2.05) is 32.0 Å². The van der Waals surface area contributed by atoms with Gasteiger partial charge >= 0.3 is 0 Å². The third-order valence-corrected chi connectivity index (χ3v) is 5.06. The fraction of sp³-hybridized carbons (Fsp3) is 0.130. The summed E-state index contributed by atoms with van der Waals surface area (Å²) in [6, 6.07) is 16.1. The average Bonchev–Trinajstić information content (AvgIpc) is 3.11. The molecule has 0 bridgehead atoms. The van der Waals surface area contributed by atoms with Crippen LogP contribution in [0.5, 0.6) is 5.75 Å². The van der Waals surface area contributed by atoms with Gasteiger partial charge in [-0.15, -0.1) is 0 Å². The number of aryl methyl sites for hydroxylation is 2. The van der Waals surface area contributed by atoms with E-state index in [4.69, 9.17) is 20.8 Å². The molecule has 0 saturated carbocycles. The minimum Gasteiger partial charge on any atom is -0.495 e. The molecule has 0 aliphatic heterocycles. The van der Waals surface area contributed by atoms with E-state index in [0.717, 1.165) is 27.8 Å². The van der Waals surface area contributed by atoms with Crippen molar-refractivity contribution in [3.63, 3.8) is 0 Å². The van der Waals surface area contributed by atoms with E-state index >= 15 is 0 Å². The summed E-state index contributed by atoms with van der Waals surface area (Å²) in [4.78, 5) is 17.2. The second-order valence-electron chi connectivity index (χ2n) is 6.80. The number of methoxy groups -OCH3 is 1. The molecule has 1 amide bonds. The largest absolute Gasteiger partial charge is 0.495 e. The molecular formula is C23H19ClN2O3. The number of benzene rings is 3. The molecule has 0 unspecified atom stereocenters. The first-order valence-electron chi connectivity index (χ1n) is 9.08. The van der Waals surface area contributed by atoms with E-state index in [2.05, 4.69) is 10.3 Å². The normalized spacial score (nSPS) is 10.9. The van der Waals surface area contributed by atoms with Crippen molar-refractivity contribution >= 4 is 34.3 Å². The highest BCUT2D eigenvalue weighted by Crippen LogP contribution is 2.32. The maximum atomic E-state index is 12.6. The number of hydrogen-bond donors (Lipinski definition) is 1. The van der Waals surface area contributed by atoms with Gasteiger partial charge in [0.2, 0.25) is 5.89 Å². The predicted octanol–water partition coefficient (Wildman–Crippen LogP) is 6.03. The zero-order chi connectivity index (χ0) is 20.5. The predicted molar refractivity (Wildman–Crippen MR) is 115 cm³/mol. The molecule has 1 aromatic heterocycles. The smallest absolute Gasteiger partial charge is 0.255 e. The lowest BCUT2D eigenvalue weighted by Crippen LogP contribution is -2.12. The first kappa shape index (κ1) is 19.0. The lowest BCUT2D eigenvalue weighted by Gasteiger charge is -2.11. The van der Waals surface area contributed by atoms with Crippen molar-refractivity contribution in [1.82, 2.24) is 4.98 Å². The number of hydrogen-bond acceptors (Lipinski definition) is 4. The molecule has 4 aromatic rings. The van der Waals surface area contributed by atoms with Crippen LogP contribution in [0.25, 0.3) is 22.6 Å². The van der Waals surface area contributed by atoms with Crippen LogP contribution < -0.4 is 10.1 Å². The van der Waals surface area contributed by atoms with Gasteiger partial charge in [-0.1, -0.05) is 11.6 Å². The van der Waals surface area contributed by atoms with Gasteiger partial charge in [0.25, 0.3) is 5.91 Å². The molecule has 0 spiro atoms. The topological polar surface area (TPSA) is 64.4 Å². The van der Waals surface area contributed by atoms with Crippen LogP contribution in [0.1, 0.15) is 21.5 Å². The van der Waals surface area contributed by atoms with E-state index < -0.39 is 0 Å². The molecule has 146 valence electrons. The molecule has 1 N–H and O–H groups in total. The summed E-state index contributed by atoms with van der Waals surface area (Å²) < 4.78 is 11.3. The van der Waals surface area contributed by atoms with Gasteiger partial charge in [-0.05, 0) is 79.6 Å². The number of carbonyl (C=O) groups is 1. The van der Waals surface area contributed by atoms with Gasteiger partial charge in [-0.25, -0.2) is 4.98 Å². The number of ether oxygens (including phenoxy) is 1. The van der Waals surface area contributed by atoms with Crippen LogP contribution in [0.3, 0.4) is 0 Å². The standard InChI is InChI=1S/C23H19ClN2O3/c1-13-10-18-21(11-14(13)2)29-23(26-18)16-6-9-20(28-3)19(12-16)25-22(27)15-4-7-17(24)8-5-15/h4-12H,1-3H3,(H,25,27). The van der Waals surface area contributed by atoms with Crippen LogP contribution in [0.4, 0.5) is 5.69 Å². The second-order valence-corrected chi connectivity index (χ2v) is 7.24. The van der Waals surface area contributed by atoms with E-state index in [-0.39, 0.29) is 5.91 Å². The maximum absolute atomic E-state index is 12.6. The summed E-state index contributed by atoms with van der Waals surface area (Å²) >= 11 is 5.90. The van der Waals surface area contributed by atoms with E-state index in [0.29, 0.717) is 27.9 Å². The Balaban J connectivity index is 1.69. The highest BCUT2D eigenvalue weighted by Gasteiger charge is 2.15. The van der Waals surface area contributed by atoms with E-state index in [1.165, 1.54) is 0 Å². The summed E-state index contributed by atoms with van der Waals surface area (Å²) in [6.07, 6.45) is 0. The van der Waals surface area contributed by atoms with Gasteiger partial charge in [-0.2, -0.15) is 0 Å². The highest BCUT2D eigenvalue weighted by atomic mass is 35.5. The van der Waals surface area contributed by atoms with E-state index in [1.54, 1.807) is 43.5 Å². The molecule has 3 aromatic carbocycles. The van der Waals surface area contributed by atoms with Gasteiger partial charge in [0.15, 0.2) is 5.58 Å². The van der Waals surface area contributed by atoms with Crippen LogP contribution in [-0.4, -0.2) is 18.0 Å². The van der Waals surface area contributed by atoms with Crippen LogP contribution in [-0.2, 0) is 0 Å². The zero-order valence-corrected chi connectivity index (χ0v) is 17.0. The van der Waals surface area contributed by atoms with Crippen LogP contribution in [0.15, 0.2) is 59.0 Å². The van der Waals surface area contributed by atoms with Crippen molar-refractivity contribution in [3.05, 3.63) is 76.3 Å². The van der Waals surface area contributed by atoms with Crippen molar-refractivity contribution in [3.8, 4) is 17.2 Å². The molecule has 0 fully saturated rings. The molecule has 6 heteroatoms. The molecule has 5 nitrogen and oxygen atoms in total.